The zero-order valence-corrected chi connectivity index (χ0v) is 19.9. The maximum atomic E-state index is 12.3. The summed E-state index contributed by atoms with van der Waals surface area (Å²) in [6.45, 7) is 5.83. The zero-order chi connectivity index (χ0) is 24.7. The van der Waals surface area contributed by atoms with Crippen molar-refractivity contribution in [1.29, 1.82) is 0 Å². The van der Waals surface area contributed by atoms with Gasteiger partial charge in [-0.05, 0) is 43.0 Å². The van der Waals surface area contributed by atoms with Gasteiger partial charge < -0.3 is 24.8 Å². The smallest absolute Gasteiger partial charge is 0.407 e. The summed E-state index contributed by atoms with van der Waals surface area (Å²) in [4.78, 5) is 36.8. The van der Waals surface area contributed by atoms with Gasteiger partial charge in [0.05, 0.1) is 19.6 Å². The molecule has 0 spiro atoms. The Morgan fingerprint density at radius 3 is 2.12 bits per heavy atom. The highest BCUT2D eigenvalue weighted by Gasteiger charge is 2.29. The van der Waals surface area contributed by atoms with Crippen molar-refractivity contribution in [2.45, 2.75) is 38.6 Å². The molecule has 0 atom stereocenters. The molecule has 0 aliphatic heterocycles. The van der Waals surface area contributed by atoms with Gasteiger partial charge in [-0.2, -0.15) is 0 Å². The molecule has 8 nitrogen and oxygen atoms in total. The van der Waals surface area contributed by atoms with Crippen LogP contribution < -0.4 is 5.32 Å². The first-order valence-corrected chi connectivity index (χ1v) is 11.4. The molecule has 0 unspecified atom stereocenters. The predicted octanol–water partition coefficient (Wildman–Crippen LogP) is 3.64. The molecule has 182 valence electrons. The summed E-state index contributed by atoms with van der Waals surface area (Å²) in [5.74, 6) is -1.35. The van der Waals surface area contributed by atoms with Gasteiger partial charge in [0.15, 0.2) is 0 Å². The van der Waals surface area contributed by atoms with Gasteiger partial charge in [0.1, 0.15) is 13.2 Å². The molecule has 2 aromatic carbocycles. The van der Waals surface area contributed by atoms with Crippen molar-refractivity contribution in [2.75, 3.05) is 32.9 Å². The third-order valence-electron chi connectivity index (χ3n) is 5.72. The minimum Gasteiger partial charge on any atom is -0.480 e. The summed E-state index contributed by atoms with van der Waals surface area (Å²) in [7, 11) is 0. The van der Waals surface area contributed by atoms with Gasteiger partial charge >= 0.3 is 12.1 Å². The second kappa shape index (κ2) is 11.2. The van der Waals surface area contributed by atoms with E-state index in [2.05, 4.69) is 29.6 Å². The second-order valence-corrected chi connectivity index (χ2v) is 9.16. The lowest BCUT2D eigenvalue weighted by molar-refractivity contribution is -0.148. The normalized spacial score (nSPS) is 12.6. The van der Waals surface area contributed by atoms with Crippen LogP contribution in [0.15, 0.2) is 48.5 Å². The molecule has 34 heavy (non-hydrogen) atoms. The lowest BCUT2D eigenvalue weighted by Gasteiger charge is -2.34. The number of rotatable bonds is 10. The van der Waals surface area contributed by atoms with Crippen molar-refractivity contribution in [1.82, 2.24) is 10.2 Å². The molecule has 1 aliphatic carbocycles. The molecule has 0 heterocycles. The van der Waals surface area contributed by atoms with E-state index >= 15 is 0 Å². The van der Waals surface area contributed by atoms with Crippen LogP contribution in [-0.2, 0) is 19.1 Å². The Labute approximate surface area is 199 Å². The molecule has 2 N–H and O–H groups in total. The Morgan fingerprint density at radius 1 is 0.971 bits per heavy atom. The number of carboxylic acid groups (broad SMARTS) is 1. The number of fused-ring (bicyclic) bond motifs is 3. The van der Waals surface area contributed by atoms with E-state index in [0.29, 0.717) is 0 Å². The van der Waals surface area contributed by atoms with Crippen LogP contribution in [0.2, 0.25) is 0 Å². The van der Waals surface area contributed by atoms with Crippen LogP contribution >= 0.6 is 0 Å². The lowest BCUT2D eigenvalue weighted by Crippen LogP contribution is -2.48. The Kier molecular flexibility index (Phi) is 8.28. The highest BCUT2D eigenvalue weighted by Crippen LogP contribution is 2.44. The summed E-state index contributed by atoms with van der Waals surface area (Å²) < 4.78 is 10.9. The number of amides is 2. The van der Waals surface area contributed by atoms with Crippen molar-refractivity contribution < 1.29 is 29.0 Å². The summed E-state index contributed by atoms with van der Waals surface area (Å²) >= 11 is 0. The number of benzene rings is 2. The molecule has 3 rings (SSSR count). The third-order valence-corrected chi connectivity index (χ3v) is 5.72. The standard InChI is InChI=1S/C26H32N2O6/c1-26(2,3)28(16-24(30)31)23(29)12-14-33-15-13-27-25(32)34-17-22-20-10-6-4-8-18(20)19-9-5-7-11-21(19)22/h4-11,22H,12-17H2,1-3H3,(H,27,32)(H,30,31). The Balaban J connectivity index is 1.37. The predicted molar refractivity (Wildman–Crippen MR) is 128 cm³/mol. The molecule has 1 aliphatic rings. The Hall–Kier alpha value is -3.39. The average molecular weight is 469 g/mol. The number of carboxylic acids is 1. The van der Waals surface area contributed by atoms with E-state index in [1.54, 1.807) is 20.8 Å². The molecule has 0 aromatic heterocycles. The number of carbonyl (C=O) groups is 3. The maximum absolute atomic E-state index is 12.3. The van der Waals surface area contributed by atoms with Crippen molar-refractivity contribution in [2.24, 2.45) is 0 Å². The quantitative estimate of drug-likeness (QED) is 0.516. The lowest BCUT2D eigenvalue weighted by atomic mass is 9.98. The van der Waals surface area contributed by atoms with E-state index < -0.39 is 17.6 Å². The van der Waals surface area contributed by atoms with Gasteiger partial charge in [-0.15, -0.1) is 0 Å². The minimum atomic E-state index is -1.06. The fourth-order valence-corrected chi connectivity index (χ4v) is 4.11. The second-order valence-electron chi connectivity index (χ2n) is 9.16. The number of hydrogen-bond donors (Lipinski definition) is 2. The van der Waals surface area contributed by atoms with Crippen LogP contribution in [0.25, 0.3) is 11.1 Å². The van der Waals surface area contributed by atoms with Crippen molar-refractivity contribution in [3.8, 4) is 11.1 Å². The maximum Gasteiger partial charge on any atom is 0.407 e. The molecular formula is C26H32N2O6. The number of nitrogens with zero attached hydrogens (tertiary/aromatic N) is 1. The van der Waals surface area contributed by atoms with Crippen LogP contribution in [-0.4, -0.2) is 66.4 Å². The highest BCUT2D eigenvalue weighted by molar-refractivity contribution is 5.82. The highest BCUT2D eigenvalue weighted by atomic mass is 16.5. The number of nitrogens with one attached hydrogen (secondary N) is 1. The van der Waals surface area contributed by atoms with Crippen LogP contribution in [0, 0.1) is 0 Å². The molecule has 0 bridgehead atoms. The SMILES string of the molecule is CC(C)(C)N(CC(=O)O)C(=O)CCOCCNC(=O)OCC1c2ccccc2-c2ccccc21. The number of ether oxygens (including phenoxy) is 2. The monoisotopic (exact) mass is 468 g/mol. The molecule has 0 fully saturated rings. The van der Waals surface area contributed by atoms with Crippen LogP contribution in [0.5, 0.6) is 0 Å². The molecule has 2 amide bonds. The van der Waals surface area contributed by atoms with E-state index in [0.717, 1.165) is 11.1 Å². The Morgan fingerprint density at radius 2 is 1.56 bits per heavy atom. The first-order valence-electron chi connectivity index (χ1n) is 11.4. The number of carbonyl (C=O) groups excluding carboxylic acids is 2. The molecule has 2 aromatic rings. The summed E-state index contributed by atoms with van der Waals surface area (Å²) in [5.41, 5.74) is 4.04. The number of alkyl carbamates (subject to hydrolysis) is 1. The van der Waals surface area contributed by atoms with E-state index in [9.17, 15) is 14.4 Å². The molecular weight excluding hydrogens is 436 g/mol. The van der Waals surface area contributed by atoms with Crippen LogP contribution in [0.4, 0.5) is 4.79 Å². The van der Waals surface area contributed by atoms with Crippen molar-refractivity contribution >= 4 is 18.0 Å². The van der Waals surface area contributed by atoms with Crippen LogP contribution in [0.3, 0.4) is 0 Å². The van der Waals surface area contributed by atoms with E-state index in [1.165, 1.54) is 16.0 Å². The topological polar surface area (TPSA) is 105 Å². The Bertz CT molecular complexity index is 984. The van der Waals surface area contributed by atoms with Gasteiger partial charge in [-0.1, -0.05) is 48.5 Å². The van der Waals surface area contributed by atoms with Gasteiger partial charge in [0.25, 0.3) is 0 Å². The van der Waals surface area contributed by atoms with E-state index in [-0.39, 0.29) is 51.2 Å². The first-order chi connectivity index (χ1) is 16.2. The fourth-order valence-electron chi connectivity index (χ4n) is 4.11. The van der Waals surface area contributed by atoms with Gasteiger partial charge in [-0.25, -0.2) is 4.79 Å². The summed E-state index contributed by atoms with van der Waals surface area (Å²) in [5, 5.41) is 11.7. The summed E-state index contributed by atoms with van der Waals surface area (Å²) in [6.07, 6.45) is -0.461. The number of hydrogen-bond acceptors (Lipinski definition) is 5. The van der Waals surface area contributed by atoms with E-state index in [1.807, 2.05) is 24.3 Å². The average Bonchev–Trinajstić information content (AvgIpc) is 3.11. The summed E-state index contributed by atoms with van der Waals surface area (Å²) in [6, 6.07) is 16.3. The van der Waals surface area contributed by atoms with Gasteiger partial charge in [0, 0.05) is 18.0 Å². The van der Waals surface area contributed by atoms with Crippen LogP contribution in [0.1, 0.15) is 44.2 Å². The fraction of sp³-hybridized carbons (Fsp3) is 0.423. The largest absolute Gasteiger partial charge is 0.480 e. The first kappa shape index (κ1) is 25.2. The third kappa shape index (κ3) is 6.35. The van der Waals surface area contributed by atoms with Crippen molar-refractivity contribution in [3.63, 3.8) is 0 Å². The molecule has 8 heteroatoms. The minimum absolute atomic E-state index is 0.00280. The molecule has 0 radical (unpaired) electrons. The molecule has 0 saturated heterocycles. The van der Waals surface area contributed by atoms with Gasteiger partial charge in [-0.3, -0.25) is 9.59 Å². The molecule has 0 saturated carbocycles. The zero-order valence-electron chi connectivity index (χ0n) is 19.9. The van der Waals surface area contributed by atoms with E-state index in [4.69, 9.17) is 14.6 Å². The van der Waals surface area contributed by atoms with Gasteiger partial charge in [0.2, 0.25) is 5.91 Å². The van der Waals surface area contributed by atoms with Crippen molar-refractivity contribution in [3.05, 3.63) is 59.7 Å². The number of aliphatic carboxylic acids is 1.